The molecule has 1 aromatic carbocycles. The molecular formula is C18H23BN2O4. The van der Waals surface area contributed by atoms with Crippen molar-refractivity contribution in [2.24, 2.45) is 0 Å². The number of carbonyl (C=O) groups is 1. The van der Waals surface area contributed by atoms with Crippen molar-refractivity contribution in [2.75, 3.05) is 7.11 Å². The molecule has 0 bridgehead atoms. The monoisotopic (exact) mass is 342 g/mol. The summed E-state index contributed by atoms with van der Waals surface area (Å²) in [6.45, 7) is 9.87. The highest BCUT2D eigenvalue weighted by atomic mass is 16.7. The van der Waals surface area contributed by atoms with Crippen LogP contribution in [0.2, 0.25) is 0 Å². The second-order valence-corrected chi connectivity index (χ2v) is 7.20. The van der Waals surface area contributed by atoms with Crippen molar-refractivity contribution >= 4 is 18.6 Å². The normalized spacial score (nSPS) is 18.4. The van der Waals surface area contributed by atoms with Crippen LogP contribution in [0.3, 0.4) is 0 Å². The van der Waals surface area contributed by atoms with E-state index in [2.05, 4.69) is 4.98 Å². The Bertz CT molecular complexity index is 797. The molecule has 1 saturated heterocycles. The number of rotatable bonds is 3. The number of carbonyl (C=O) groups excluding carboxylic acids is 1. The Labute approximate surface area is 148 Å². The fourth-order valence-corrected chi connectivity index (χ4v) is 2.80. The van der Waals surface area contributed by atoms with E-state index in [-0.39, 0.29) is 0 Å². The third kappa shape index (κ3) is 2.98. The number of methoxy groups -OCH3 is 1. The van der Waals surface area contributed by atoms with Crippen LogP contribution in [-0.2, 0) is 14.0 Å². The number of esters is 1. The van der Waals surface area contributed by atoms with Gasteiger partial charge in [-0.2, -0.15) is 0 Å². The molecule has 0 unspecified atom stereocenters. The van der Waals surface area contributed by atoms with Crippen molar-refractivity contribution in [2.45, 2.75) is 45.8 Å². The van der Waals surface area contributed by atoms with Crippen LogP contribution in [-0.4, -0.2) is 41.0 Å². The molecule has 0 spiro atoms. The predicted molar refractivity (Wildman–Crippen MR) is 95.4 cm³/mol. The van der Waals surface area contributed by atoms with E-state index in [0.717, 1.165) is 11.3 Å². The van der Waals surface area contributed by atoms with Gasteiger partial charge in [-0.1, -0.05) is 6.07 Å². The summed E-state index contributed by atoms with van der Waals surface area (Å²) in [4.78, 5) is 16.5. The zero-order valence-electron chi connectivity index (χ0n) is 15.5. The topological polar surface area (TPSA) is 62.6 Å². The van der Waals surface area contributed by atoms with E-state index in [1.54, 1.807) is 12.3 Å². The summed E-state index contributed by atoms with van der Waals surface area (Å²) >= 11 is 0. The first-order valence-corrected chi connectivity index (χ1v) is 8.24. The first-order valence-electron chi connectivity index (χ1n) is 8.24. The largest absolute Gasteiger partial charge is 0.494 e. The van der Waals surface area contributed by atoms with Crippen molar-refractivity contribution in [3.05, 3.63) is 42.0 Å². The molecule has 132 valence electrons. The molecule has 1 fully saturated rings. The van der Waals surface area contributed by atoms with E-state index in [1.807, 2.05) is 57.5 Å². The summed E-state index contributed by atoms with van der Waals surface area (Å²) in [6.07, 6.45) is 3.50. The van der Waals surface area contributed by atoms with E-state index in [9.17, 15) is 4.79 Å². The molecule has 1 aromatic heterocycles. The van der Waals surface area contributed by atoms with E-state index < -0.39 is 24.3 Å². The molecule has 1 aliphatic heterocycles. The Morgan fingerprint density at radius 1 is 1.20 bits per heavy atom. The molecule has 2 heterocycles. The summed E-state index contributed by atoms with van der Waals surface area (Å²) in [7, 11) is 0.834. The summed E-state index contributed by atoms with van der Waals surface area (Å²) < 4.78 is 19.0. The second kappa shape index (κ2) is 6.00. The van der Waals surface area contributed by atoms with Gasteiger partial charge in [0.2, 0.25) is 0 Å². The number of benzene rings is 1. The minimum Gasteiger partial charge on any atom is -0.465 e. The third-order valence-electron chi connectivity index (χ3n) is 5.04. The smallest absolute Gasteiger partial charge is 0.465 e. The van der Waals surface area contributed by atoms with Gasteiger partial charge in [-0.3, -0.25) is 0 Å². The van der Waals surface area contributed by atoms with Crippen molar-refractivity contribution in [1.29, 1.82) is 0 Å². The second-order valence-electron chi connectivity index (χ2n) is 7.20. The molecular weight excluding hydrogens is 319 g/mol. The van der Waals surface area contributed by atoms with E-state index in [0.29, 0.717) is 11.3 Å². The maximum Gasteiger partial charge on any atom is 0.494 e. The molecule has 2 aromatic rings. The van der Waals surface area contributed by atoms with Gasteiger partial charge >= 0.3 is 13.1 Å². The molecule has 3 rings (SSSR count). The average Bonchev–Trinajstić information content (AvgIpc) is 3.06. The van der Waals surface area contributed by atoms with Crippen LogP contribution < -0.4 is 5.46 Å². The SMILES string of the molecule is COC(=O)c1cc(B2OC(C)(C)C(C)(C)O2)ccc1-n1ccnc1C. The number of hydrogen-bond acceptors (Lipinski definition) is 5. The Morgan fingerprint density at radius 3 is 2.36 bits per heavy atom. The maximum atomic E-state index is 12.3. The fourth-order valence-electron chi connectivity index (χ4n) is 2.80. The summed E-state index contributed by atoms with van der Waals surface area (Å²) in [6, 6.07) is 5.54. The minimum absolute atomic E-state index is 0.415. The zero-order chi connectivity index (χ0) is 18.4. The van der Waals surface area contributed by atoms with Crippen molar-refractivity contribution < 1.29 is 18.8 Å². The van der Waals surface area contributed by atoms with Crippen molar-refractivity contribution in [3.63, 3.8) is 0 Å². The van der Waals surface area contributed by atoms with Gasteiger partial charge in [-0.05, 0) is 52.2 Å². The van der Waals surface area contributed by atoms with Crippen LogP contribution in [0, 0.1) is 6.92 Å². The Kier molecular flexibility index (Phi) is 4.25. The number of hydrogen-bond donors (Lipinski definition) is 0. The van der Waals surface area contributed by atoms with Gasteiger partial charge in [-0.15, -0.1) is 0 Å². The Balaban J connectivity index is 2.04. The molecule has 0 saturated carbocycles. The van der Waals surface area contributed by atoms with Crippen LogP contribution in [0.4, 0.5) is 0 Å². The standard InChI is InChI=1S/C18H23BN2O4/c1-12-20-9-10-21(12)15-8-7-13(11-14(15)16(22)23-6)19-24-17(2,3)18(4,5)25-19/h7-11H,1-6H3. The lowest BCUT2D eigenvalue weighted by Crippen LogP contribution is -2.41. The van der Waals surface area contributed by atoms with Crippen molar-refractivity contribution in [1.82, 2.24) is 9.55 Å². The highest BCUT2D eigenvalue weighted by molar-refractivity contribution is 6.62. The molecule has 0 aliphatic carbocycles. The lowest BCUT2D eigenvalue weighted by Gasteiger charge is -2.32. The first-order chi connectivity index (χ1) is 11.7. The van der Waals surface area contributed by atoms with Gasteiger partial charge in [-0.25, -0.2) is 9.78 Å². The Morgan fingerprint density at radius 2 is 1.84 bits per heavy atom. The molecule has 7 heteroatoms. The molecule has 0 atom stereocenters. The van der Waals surface area contributed by atoms with Gasteiger partial charge in [0.25, 0.3) is 0 Å². The number of aryl methyl sites for hydroxylation is 1. The third-order valence-corrected chi connectivity index (χ3v) is 5.04. The number of imidazole rings is 1. The average molecular weight is 342 g/mol. The molecule has 0 radical (unpaired) electrons. The van der Waals surface area contributed by atoms with Crippen LogP contribution in [0.5, 0.6) is 0 Å². The van der Waals surface area contributed by atoms with Gasteiger partial charge in [0, 0.05) is 12.4 Å². The predicted octanol–water partition coefficient (Wildman–Crippen LogP) is 2.27. The number of ether oxygens (including phenoxy) is 1. The molecule has 0 N–H and O–H groups in total. The highest BCUT2D eigenvalue weighted by Crippen LogP contribution is 2.36. The summed E-state index contributed by atoms with van der Waals surface area (Å²) in [5.74, 6) is 0.370. The number of aromatic nitrogens is 2. The minimum atomic E-state index is -0.536. The van der Waals surface area contributed by atoms with Crippen LogP contribution in [0.25, 0.3) is 5.69 Å². The van der Waals surface area contributed by atoms with E-state index in [4.69, 9.17) is 14.0 Å². The molecule has 6 nitrogen and oxygen atoms in total. The quantitative estimate of drug-likeness (QED) is 0.633. The zero-order valence-corrected chi connectivity index (χ0v) is 15.5. The lowest BCUT2D eigenvalue weighted by atomic mass is 9.78. The summed E-state index contributed by atoms with van der Waals surface area (Å²) in [5.41, 5.74) is 1.05. The van der Waals surface area contributed by atoms with E-state index in [1.165, 1.54) is 7.11 Å². The van der Waals surface area contributed by atoms with Gasteiger partial charge in [0.15, 0.2) is 0 Å². The molecule has 0 amide bonds. The molecule has 25 heavy (non-hydrogen) atoms. The summed E-state index contributed by atoms with van der Waals surface area (Å²) in [5, 5.41) is 0. The van der Waals surface area contributed by atoms with Crippen LogP contribution in [0.1, 0.15) is 43.9 Å². The van der Waals surface area contributed by atoms with Gasteiger partial charge < -0.3 is 18.6 Å². The van der Waals surface area contributed by atoms with Gasteiger partial charge in [0.1, 0.15) is 5.82 Å². The van der Waals surface area contributed by atoms with Crippen LogP contribution >= 0.6 is 0 Å². The van der Waals surface area contributed by atoms with E-state index >= 15 is 0 Å². The fraction of sp³-hybridized carbons (Fsp3) is 0.444. The lowest BCUT2D eigenvalue weighted by molar-refractivity contribution is 0.00578. The number of nitrogens with zero attached hydrogens (tertiary/aromatic N) is 2. The van der Waals surface area contributed by atoms with Crippen LogP contribution in [0.15, 0.2) is 30.6 Å². The highest BCUT2D eigenvalue weighted by Gasteiger charge is 2.51. The Hall–Kier alpha value is -2.12. The van der Waals surface area contributed by atoms with Crippen molar-refractivity contribution in [3.8, 4) is 5.69 Å². The maximum absolute atomic E-state index is 12.3. The van der Waals surface area contributed by atoms with Gasteiger partial charge in [0.05, 0.1) is 29.6 Å². The molecule has 1 aliphatic rings. The first kappa shape index (κ1) is 17.7.